The van der Waals surface area contributed by atoms with Gasteiger partial charge in [0.05, 0.1) is 16.8 Å². The normalized spacial score (nSPS) is 14.5. The molecule has 206 valence electrons. The van der Waals surface area contributed by atoms with Crippen LogP contribution in [0.1, 0.15) is 71.4 Å². The van der Waals surface area contributed by atoms with E-state index in [4.69, 9.17) is 10.5 Å². The molecule has 1 atom stereocenters. The lowest BCUT2D eigenvalue weighted by Gasteiger charge is -2.38. The Morgan fingerprint density at radius 3 is 2.18 bits per heavy atom. The van der Waals surface area contributed by atoms with Crippen LogP contribution in [-0.2, 0) is 34.2 Å². The monoisotopic (exact) mass is 542 g/mol. The number of aryl methyl sites for hydroxylation is 1. The average molecular weight is 543 g/mol. The van der Waals surface area contributed by atoms with Gasteiger partial charge in [0.15, 0.2) is 0 Å². The highest BCUT2D eigenvalue weighted by Crippen LogP contribution is 2.41. The van der Waals surface area contributed by atoms with Gasteiger partial charge in [-0.2, -0.15) is 13.2 Å². The Morgan fingerprint density at radius 1 is 0.974 bits per heavy atom. The van der Waals surface area contributed by atoms with Crippen molar-refractivity contribution < 1.29 is 31.9 Å². The van der Waals surface area contributed by atoms with E-state index in [0.717, 1.165) is 17.7 Å². The molecule has 3 aromatic carbocycles. The number of fused-ring (bicyclic) bond motifs is 1. The third kappa shape index (κ3) is 6.24. The minimum Gasteiger partial charge on any atom is -0.457 e. The predicted molar refractivity (Wildman–Crippen MR) is 140 cm³/mol. The van der Waals surface area contributed by atoms with E-state index in [2.05, 4.69) is 20.8 Å². The first-order valence-electron chi connectivity index (χ1n) is 12.6. The van der Waals surface area contributed by atoms with E-state index < -0.39 is 35.5 Å². The maximum absolute atomic E-state index is 13.8. The molecule has 1 heterocycles. The molecule has 0 aromatic heterocycles. The maximum Gasteiger partial charge on any atom is 0.416 e. The van der Waals surface area contributed by atoms with Crippen LogP contribution < -0.4 is 10.6 Å². The van der Waals surface area contributed by atoms with Crippen molar-refractivity contribution in [2.45, 2.75) is 57.9 Å². The Labute approximate surface area is 224 Å². The van der Waals surface area contributed by atoms with Gasteiger partial charge in [0, 0.05) is 6.54 Å². The minimum atomic E-state index is -4.70. The first-order valence-corrected chi connectivity index (χ1v) is 12.6. The van der Waals surface area contributed by atoms with Crippen LogP contribution in [-0.4, -0.2) is 18.4 Å². The molecule has 39 heavy (non-hydrogen) atoms. The third-order valence-corrected chi connectivity index (χ3v) is 6.83. The molecular formula is C30H30F4N2O3. The SMILES string of the molecule is CC(C)(C)c1ccc(COC(=O)c2cc(C(F)(F)F)cc3c2N(C(C(N)=O)c2ccc(F)cc2)CCC3)cc1. The Hall–Kier alpha value is -3.88. The number of halogens is 4. The van der Waals surface area contributed by atoms with E-state index >= 15 is 0 Å². The van der Waals surface area contributed by atoms with Crippen molar-refractivity contribution >= 4 is 17.6 Å². The number of nitrogens with zero attached hydrogens (tertiary/aromatic N) is 1. The molecule has 0 saturated carbocycles. The average Bonchev–Trinajstić information content (AvgIpc) is 2.87. The van der Waals surface area contributed by atoms with Crippen LogP contribution in [0.5, 0.6) is 0 Å². The van der Waals surface area contributed by atoms with Gasteiger partial charge in [-0.15, -0.1) is 0 Å². The number of primary amides is 1. The second-order valence-corrected chi connectivity index (χ2v) is 10.7. The van der Waals surface area contributed by atoms with Crippen molar-refractivity contribution in [1.82, 2.24) is 0 Å². The number of hydrogen-bond donors (Lipinski definition) is 1. The summed E-state index contributed by atoms with van der Waals surface area (Å²) in [5, 5.41) is 0. The Bertz CT molecular complexity index is 1360. The molecule has 0 aliphatic carbocycles. The van der Waals surface area contributed by atoms with Crippen LogP contribution in [0.4, 0.5) is 23.2 Å². The highest BCUT2D eigenvalue weighted by atomic mass is 19.4. The zero-order chi connectivity index (χ0) is 28.5. The van der Waals surface area contributed by atoms with E-state index in [0.29, 0.717) is 17.5 Å². The van der Waals surface area contributed by atoms with Crippen molar-refractivity contribution in [1.29, 1.82) is 0 Å². The van der Waals surface area contributed by atoms with Crippen molar-refractivity contribution in [2.24, 2.45) is 5.73 Å². The van der Waals surface area contributed by atoms with Crippen molar-refractivity contribution in [3.63, 3.8) is 0 Å². The summed E-state index contributed by atoms with van der Waals surface area (Å²) < 4.78 is 60.4. The summed E-state index contributed by atoms with van der Waals surface area (Å²) >= 11 is 0. The van der Waals surface area contributed by atoms with Gasteiger partial charge in [0.2, 0.25) is 5.91 Å². The molecule has 0 saturated heterocycles. The zero-order valence-corrected chi connectivity index (χ0v) is 21.9. The van der Waals surface area contributed by atoms with E-state index in [1.54, 1.807) is 12.1 Å². The Balaban J connectivity index is 1.73. The molecule has 1 aliphatic rings. The van der Waals surface area contributed by atoms with E-state index in [9.17, 15) is 27.2 Å². The number of hydrogen-bond acceptors (Lipinski definition) is 4. The molecule has 0 spiro atoms. The number of ether oxygens (including phenoxy) is 1. The standard InChI is InChI=1S/C30H30F4N2O3/c1-29(2,3)21-10-6-18(7-11-21)17-39-28(38)24-16-22(30(32,33)34)15-20-5-4-14-36(25(20)24)26(27(35)37)19-8-12-23(31)13-9-19/h6-13,15-16,26H,4-5,14,17H2,1-3H3,(H2,35,37). The van der Waals surface area contributed by atoms with Gasteiger partial charge in [-0.05, 0) is 64.8 Å². The molecule has 0 fully saturated rings. The Kier molecular flexibility index (Phi) is 7.73. The van der Waals surface area contributed by atoms with Gasteiger partial charge in [0.1, 0.15) is 18.5 Å². The van der Waals surface area contributed by atoms with Gasteiger partial charge in [-0.3, -0.25) is 4.79 Å². The van der Waals surface area contributed by atoms with E-state index in [1.807, 2.05) is 12.1 Å². The lowest BCUT2D eigenvalue weighted by molar-refractivity contribution is -0.137. The molecule has 4 rings (SSSR count). The van der Waals surface area contributed by atoms with Crippen LogP contribution in [0, 0.1) is 5.82 Å². The molecule has 5 nitrogen and oxygen atoms in total. The lowest BCUT2D eigenvalue weighted by atomic mass is 9.87. The quantitative estimate of drug-likeness (QED) is 0.286. The van der Waals surface area contributed by atoms with Gasteiger partial charge < -0.3 is 15.4 Å². The number of rotatable bonds is 6. The third-order valence-electron chi connectivity index (χ3n) is 6.83. The summed E-state index contributed by atoms with van der Waals surface area (Å²) in [5.74, 6) is -2.25. The lowest BCUT2D eigenvalue weighted by Crippen LogP contribution is -2.42. The second-order valence-electron chi connectivity index (χ2n) is 10.7. The molecule has 9 heteroatoms. The molecule has 1 unspecified atom stereocenters. The van der Waals surface area contributed by atoms with Crippen LogP contribution >= 0.6 is 0 Å². The van der Waals surface area contributed by atoms with Crippen molar-refractivity contribution in [3.8, 4) is 0 Å². The van der Waals surface area contributed by atoms with Gasteiger partial charge in [-0.1, -0.05) is 57.2 Å². The van der Waals surface area contributed by atoms with Crippen molar-refractivity contribution in [3.05, 3.63) is 99.9 Å². The predicted octanol–water partition coefficient (Wildman–Crippen LogP) is 6.48. The second kappa shape index (κ2) is 10.7. The van der Waals surface area contributed by atoms with E-state index in [-0.39, 0.29) is 41.8 Å². The number of carbonyl (C=O) groups is 2. The molecular weight excluding hydrogens is 512 g/mol. The largest absolute Gasteiger partial charge is 0.457 e. The minimum absolute atomic E-state index is 0.0722. The van der Waals surface area contributed by atoms with Crippen LogP contribution in [0.3, 0.4) is 0 Å². The molecule has 0 bridgehead atoms. The molecule has 1 aliphatic heterocycles. The number of nitrogens with two attached hydrogens (primary N) is 1. The number of amides is 1. The number of carbonyl (C=O) groups excluding carboxylic acids is 2. The molecule has 1 amide bonds. The summed E-state index contributed by atoms with van der Waals surface area (Å²) in [6.45, 7) is 6.30. The molecule has 2 N–H and O–H groups in total. The smallest absolute Gasteiger partial charge is 0.416 e. The maximum atomic E-state index is 13.8. The van der Waals surface area contributed by atoms with Gasteiger partial charge in [0.25, 0.3) is 0 Å². The summed E-state index contributed by atoms with van der Waals surface area (Å²) in [7, 11) is 0. The highest BCUT2D eigenvalue weighted by Gasteiger charge is 2.38. The topological polar surface area (TPSA) is 72.6 Å². The highest BCUT2D eigenvalue weighted by molar-refractivity contribution is 5.99. The van der Waals surface area contributed by atoms with Crippen LogP contribution in [0.15, 0.2) is 60.7 Å². The first-order chi connectivity index (χ1) is 18.3. The fraction of sp³-hybridized carbons (Fsp3) is 0.333. The fourth-order valence-corrected chi connectivity index (χ4v) is 4.82. The molecule has 3 aromatic rings. The number of esters is 1. The number of anilines is 1. The fourth-order valence-electron chi connectivity index (χ4n) is 4.82. The zero-order valence-electron chi connectivity index (χ0n) is 21.9. The van der Waals surface area contributed by atoms with Crippen molar-refractivity contribution in [2.75, 3.05) is 11.4 Å². The number of alkyl halides is 3. The van der Waals surface area contributed by atoms with Gasteiger partial charge in [-0.25, -0.2) is 9.18 Å². The summed E-state index contributed by atoms with van der Waals surface area (Å²) in [6.07, 6.45) is -4.01. The Morgan fingerprint density at radius 2 is 1.62 bits per heavy atom. The first kappa shape index (κ1) is 28.1. The number of benzene rings is 3. The van der Waals surface area contributed by atoms with Crippen LogP contribution in [0.2, 0.25) is 0 Å². The van der Waals surface area contributed by atoms with Crippen LogP contribution in [0.25, 0.3) is 0 Å². The summed E-state index contributed by atoms with van der Waals surface area (Å²) in [4.78, 5) is 27.5. The summed E-state index contributed by atoms with van der Waals surface area (Å²) in [6, 6.07) is 13.2. The summed E-state index contributed by atoms with van der Waals surface area (Å²) in [5.41, 5.74) is 6.90. The van der Waals surface area contributed by atoms with Gasteiger partial charge >= 0.3 is 12.1 Å². The molecule has 0 radical (unpaired) electrons. The van der Waals surface area contributed by atoms with E-state index in [1.165, 1.54) is 29.2 Å².